The summed E-state index contributed by atoms with van der Waals surface area (Å²) in [6, 6.07) is 14.8. The Morgan fingerprint density at radius 2 is 1.05 bits per heavy atom. The molecule has 0 fully saturated rings. The second-order valence-corrected chi connectivity index (χ2v) is 17.6. The standard InChI is InChI=1S/C34H42S2Se2/c1-5-9-11-23(7-3)21-25-13-15-29(37-25)31-27-17-19-36-34(27)32(28-18-20-35-33(28)31)30-16-14-26(38-30)22-24(8-4)12-10-6-2/h13-20,23-24H,5-12,21-22H2,1-4H3. The minimum atomic E-state index is 0.450. The molecule has 4 heterocycles. The van der Waals surface area contributed by atoms with Gasteiger partial charge in [-0.3, -0.25) is 0 Å². The van der Waals surface area contributed by atoms with E-state index in [0.717, 1.165) is 11.8 Å². The van der Waals surface area contributed by atoms with Gasteiger partial charge in [0, 0.05) is 0 Å². The molecule has 0 saturated heterocycles. The second kappa shape index (κ2) is 13.7. The van der Waals surface area contributed by atoms with Gasteiger partial charge >= 0.3 is 252 Å². The Labute approximate surface area is 250 Å². The van der Waals surface area contributed by atoms with Gasteiger partial charge in [0.2, 0.25) is 0 Å². The molecule has 0 bridgehead atoms. The first-order chi connectivity index (χ1) is 18.7. The van der Waals surface area contributed by atoms with Crippen molar-refractivity contribution in [2.45, 2.75) is 91.9 Å². The van der Waals surface area contributed by atoms with E-state index in [2.05, 4.69) is 74.9 Å². The fourth-order valence-electron chi connectivity index (χ4n) is 5.83. The predicted molar refractivity (Wildman–Crippen MR) is 176 cm³/mol. The van der Waals surface area contributed by atoms with E-state index in [1.165, 1.54) is 84.4 Å². The third kappa shape index (κ3) is 6.22. The van der Waals surface area contributed by atoms with Crippen LogP contribution in [0.1, 0.15) is 87.9 Å². The van der Waals surface area contributed by atoms with Gasteiger partial charge in [-0.2, -0.15) is 0 Å². The van der Waals surface area contributed by atoms with Crippen LogP contribution < -0.4 is 0 Å². The van der Waals surface area contributed by atoms with Crippen LogP contribution in [-0.4, -0.2) is 29.0 Å². The van der Waals surface area contributed by atoms with Gasteiger partial charge in [-0.25, -0.2) is 0 Å². The molecule has 0 aliphatic rings. The average Bonchev–Trinajstić information content (AvgIpc) is 3.75. The SMILES string of the molecule is CCCCC(CC)Cc1ccc(-c2c3ccsc3c(-c3ccc(CC(CC)CCCC)[se]3)c3ccsc23)[se]1. The molecule has 0 amide bonds. The fraction of sp³-hybridized carbons (Fsp3) is 0.471. The van der Waals surface area contributed by atoms with E-state index in [1.807, 2.05) is 22.7 Å². The summed E-state index contributed by atoms with van der Waals surface area (Å²) in [7, 11) is 0. The van der Waals surface area contributed by atoms with Crippen molar-refractivity contribution in [3.63, 3.8) is 0 Å². The van der Waals surface area contributed by atoms with E-state index >= 15 is 0 Å². The van der Waals surface area contributed by atoms with Crippen molar-refractivity contribution in [3.05, 3.63) is 56.0 Å². The van der Waals surface area contributed by atoms with Crippen LogP contribution in [0.25, 0.3) is 40.2 Å². The zero-order valence-electron chi connectivity index (χ0n) is 23.5. The molecule has 1 aromatic carbocycles. The third-order valence-corrected chi connectivity index (χ3v) is 14.8. The predicted octanol–water partition coefficient (Wildman–Crippen LogP) is 11.1. The van der Waals surface area contributed by atoms with E-state index in [9.17, 15) is 0 Å². The first kappa shape index (κ1) is 28.7. The topological polar surface area (TPSA) is 0 Å². The number of rotatable bonds is 14. The molecule has 2 unspecified atom stereocenters. The van der Waals surface area contributed by atoms with Crippen LogP contribution in [-0.2, 0) is 12.8 Å². The summed E-state index contributed by atoms with van der Waals surface area (Å²) in [6.45, 7) is 9.41. The van der Waals surface area contributed by atoms with Crippen LogP contribution in [0.2, 0.25) is 0 Å². The molecule has 0 nitrogen and oxygen atoms in total. The average molecular weight is 673 g/mol. The summed E-state index contributed by atoms with van der Waals surface area (Å²) in [4.78, 5) is 0. The van der Waals surface area contributed by atoms with Crippen LogP contribution >= 0.6 is 22.7 Å². The Bertz CT molecular complexity index is 1290. The van der Waals surface area contributed by atoms with Crippen LogP contribution in [0, 0.1) is 11.8 Å². The molecule has 38 heavy (non-hydrogen) atoms. The zero-order chi connectivity index (χ0) is 26.5. The number of unbranched alkanes of at least 4 members (excludes halogenated alkanes) is 2. The summed E-state index contributed by atoms with van der Waals surface area (Å²) in [6.07, 6.45) is 13.4. The molecule has 2 atom stereocenters. The molecular weight excluding hydrogens is 630 g/mol. The van der Waals surface area contributed by atoms with Crippen molar-refractivity contribution >= 4 is 71.9 Å². The summed E-state index contributed by atoms with van der Waals surface area (Å²) in [5.41, 5.74) is 3.10. The Hall–Kier alpha value is -0.861. The zero-order valence-corrected chi connectivity index (χ0v) is 28.5. The second-order valence-electron chi connectivity index (χ2n) is 10.8. The van der Waals surface area contributed by atoms with E-state index in [4.69, 9.17) is 0 Å². The van der Waals surface area contributed by atoms with E-state index < -0.39 is 0 Å². The van der Waals surface area contributed by atoms with Gasteiger partial charge < -0.3 is 0 Å². The van der Waals surface area contributed by atoms with Crippen molar-refractivity contribution < 1.29 is 0 Å². The third-order valence-electron chi connectivity index (χ3n) is 8.21. The summed E-state index contributed by atoms with van der Waals surface area (Å²) < 4.78 is 9.66. The molecule has 0 N–H and O–H groups in total. The van der Waals surface area contributed by atoms with Crippen molar-refractivity contribution in [1.82, 2.24) is 0 Å². The normalized spacial score (nSPS) is 13.6. The monoisotopic (exact) mass is 674 g/mol. The molecule has 0 aliphatic carbocycles. The van der Waals surface area contributed by atoms with Gasteiger partial charge in [0.25, 0.3) is 0 Å². The Kier molecular flexibility index (Phi) is 10.3. The number of hydrogen-bond acceptors (Lipinski definition) is 2. The van der Waals surface area contributed by atoms with Gasteiger partial charge in [0.1, 0.15) is 0 Å². The quantitative estimate of drug-likeness (QED) is 0.103. The van der Waals surface area contributed by atoms with Gasteiger partial charge in [-0.1, -0.05) is 0 Å². The minimum absolute atomic E-state index is 0.450. The van der Waals surface area contributed by atoms with Crippen LogP contribution in [0.3, 0.4) is 0 Å². The number of thiophene rings is 2. The van der Waals surface area contributed by atoms with Gasteiger partial charge in [-0.05, 0) is 0 Å². The van der Waals surface area contributed by atoms with Crippen LogP contribution in [0.5, 0.6) is 0 Å². The first-order valence-electron chi connectivity index (χ1n) is 14.7. The van der Waals surface area contributed by atoms with Gasteiger partial charge in [-0.15, -0.1) is 0 Å². The molecule has 0 radical (unpaired) electrons. The van der Waals surface area contributed by atoms with Crippen molar-refractivity contribution in [3.8, 4) is 20.0 Å². The van der Waals surface area contributed by atoms with E-state index in [0.29, 0.717) is 29.0 Å². The molecule has 0 spiro atoms. The van der Waals surface area contributed by atoms with Crippen LogP contribution in [0.15, 0.2) is 47.2 Å². The maximum absolute atomic E-state index is 2.48. The summed E-state index contributed by atoms with van der Waals surface area (Å²) >= 11 is 4.82. The van der Waals surface area contributed by atoms with Crippen molar-refractivity contribution in [1.29, 1.82) is 0 Å². The van der Waals surface area contributed by atoms with Crippen LogP contribution in [0.4, 0.5) is 0 Å². The Balaban J connectivity index is 1.50. The Morgan fingerprint density at radius 1 is 0.605 bits per heavy atom. The number of hydrogen-bond donors (Lipinski definition) is 0. The molecule has 202 valence electrons. The number of benzene rings is 1. The summed E-state index contributed by atoms with van der Waals surface area (Å²) in [5.74, 6) is 1.71. The van der Waals surface area contributed by atoms with Crippen molar-refractivity contribution in [2.75, 3.05) is 0 Å². The van der Waals surface area contributed by atoms with Crippen molar-refractivity contribution in [2.24, 2.45) is 11.8 Å². The summed E-state index contributed by atoms with van der Waals surface area (Å²) in [5, 5.41) is 7.68. The number of fused-ring (bicyclic) bond motifs is 2. The van der Waals surface area contributed by atoms with Gasteiger partial charge in [0.15, 0.2) is 0 Å². The van der Waals surface area contributed by atoms with E-state index in [1.54, 1.807) is 28.9 Å². The molecule has 5 rings (SSSR count). The Morgan fingerprint density at radius 3 is 1.45 bits per heavy atom. The maximum atomic E-state index is 2.48. The van der Waals surface area contributed by atoms with Gasteiger partial charge in [0.05, 0.1) is 0 Å². The molecular formula is C34H42S2Se2. The molecule has 5 aromatic rings. The first-order valence-corrected chi connectivity index (χ1v) is 19.9. The molecule has 0 aliphatic heterocycles. The van der Waals surface area contributed by atoms with E-state index in [-0.39, 0.29) is 0 Å². The molecule has 4 heteroatoms. The molecule has 4 aromatic heterocycles. The molecule has 0 saturated carbocycles. The fourth-order valence-corrected chi connectivity index (χ4v) is 13.1.